The minimum absolute atomic E-state index is 0.130. The van der Waals surface area contributed by atoms with E-state index in [1.54, 1.807) is 46.6 Å². The minimum Gasteiger partial charge on any atom is -0.481 e. The number of carboxylic acids is 1. The van der Waals surface area contributed by atoms with Gasteiger partial charge in [0.05, 0.1) is 17.5 Å². The standard InChI is InChI=1S/C33H31ClN2O5S/c1-21-31(34)24(19-25-15-18-42-32(21)25)9-12-29(37)36-16-13-23(14-17-36)33(40)35-28(20-30(38)39)22-7-10-27(11-8-22)41-26-5-3-2-4-6-26/h2-12,15,18-19,23,28H,13-14,16-17,20H2,1H3,(H,35,40)(H,38,39)/b12-9+. The van der Waals surface area contributed by atoms with Crippen LogP contribution in [0.4, 0.5) is 0 Å². The molecule has 1 aromatic heterocycles. The van der Waals surface area contributed by atoms with Crippen molar-refractivity contribution in [2.24, 2.45) is 5.92 Å². The molecule has 1 aliphatic heterocycles. The Bertz CT molecular complexity index is 1610. The first-order chi connectivity index (χ1) is 20.3. The molecule has 2 heterocycles. The lowest BCUT2D eigenvalue weighted by atomic mass is 9.94. The number of fused-ring (bicyclic) bond motifs is 1. The molecule has 4 aromatic rings. The van der Waals surface area contributed by atoms with Gasteiger partial charge in [-0.1, -0.05) is 41.9 Å². The Labute approximate surface area is 253 Å². The maximum absolute atomic E-state index is 13.2. The van der Waals surface area contributed by atoms with Crippen molar-refractivity contribution in [2.45, 2.75) is 32.2 Å². The predicted molar refractivity (Wildman–Crippen MR) is 166 cm³/mol. The number of nitrogens with one attached hydrogen (secondary N) is 1. The number of benzene rings is 3. The number of aryl methyl sites for hydroxylation is 1. The Morgan fingerprint density at radius 2 is 1.76 bits per heavy atom. The summed E-state index contributed by atoms with van der Waals surface area (Å²) < 4.78 is 6.96. The zero-order valence-corrected chi connectivity index (χ0v) is 24.7. The first-order valence-electron chi connectivity index (χ1n) is 13.8. The zero-order chi connectivity index (χ0) is 29.6. The van der Waals surface area contributed by atoms with Gasteiger partial charge in [-0.2, -0.15) is 0 Å². The lowest BCUT2D eigenvalue weighted by Crippen LogP contribution is -2.43. The van der Waals surface area contributed by atoms with Crippen LogP contribution in [0.2, 0.25) is 5.02 Å². The van der Waals surface area contributed by atoms with Crippen molar-refractivity contribution in [3.63, 3.8) is 0 Å². The van der Waals surface area contributed by atoms with Crippen molar-refractivity contribution in [1.82, 2.24) is 10.2 Å². The Hall–Kier alpha value is -4.14. The van der Waals surface area contributed by atoms with E-state index < -0.39 is 12.0 Å². The van der Waals surface area contributed by atoms with Gasteiger partial charge in [-0.3, -0.25) is 14.4 Å². The zero-order valence-electron chi connectivity index (χ0n) is 23.1. The number of hydrogen-bond donors (Lipinski definition) is 2. The molecule has 0 radical (unpaired) electrons. The molecule has 0 spiro atoms. The van der Waals surface area contributed by atoms with Crippen molar-refractivity contribution in [3.05, 3.63) is 99.9 Å². The van der Waals surface area contributed by atoms with E-state index in [0.717, 1.165) is 21.2 Å². The first-order valence-corrected chi connectivity index (χ1v) is 15.0. The monoisotopic (exact) mass is 602 g/mol. The van der Waals surface area contributed by atoms with Crippen LogP contribution in [0.3, 0.4) is 0 Å². The maximum Gasteiger partial charge on any atom is 0.305 e. The highest BCUT2D eigenvalue weighted by Gasteiger charge is 2.29. The molecule has 2 amide bonds. The molecule has 9 heteroatoms. The van der Waals surface area contributed by atoms with E-state index in [4.69, 9.17) is 16.3 Å². The smallest absolute Gasteiger partial charge is 0.305 e. The van der Waals surface area contributed by atoms with Crippen LogP contribution >= 0.6 is 22.9 Å². The topological polar surface area (TPSA) is 95.9 Å². The molecule has 3 aromatic carbocycles. The number of likely N-dealkylation sites (tertiary alicyclic amines) is 1. The number of rotatable bonds is 9. The number of carboxylic acid groups (broad SMARTS) is 1. The number of nitrogens with zero attached hydrogens (tertiary/aromatic N) is 1. The number of halogens is 1. The number of thiophene rings is 1. The van der Waals surface area contributed by atoms with E-state index in [1.807, 2.05) is 54.8 Å². The van der Waals surface area contributed by atoms with E-state index >= 15 is 0 Å². The number of piperidine rings is 1. The van der Waals surface area contributed by atoms with Gasteiger partial charge in [0.15, 0.2) is 0 Å². The first kappa shape index (κ1) is 29.4. The molecule has 1 unspecified atom stereocenters. The summed E-state index contributed by atoms with van der Waals surface area (Å²) in [5.41, 5.74) is 2.48. The molecule has 1 atom stereocenters. The summed E-state index contributed by atoms with van der Waals surface area (Å²) in [4.78, 5) is 39.4. The molecule has 7 nitrogen and oxygen atoms in total. The number of amides is 2. The highest BCUT2D eigenvalue weighted by Crippen LogP contribution is 2.33. The summed E-state index contributed by atoms with van der Waals surface area (Å²) in [7, 11) is 0. The molecule has 0 aliphatic carbocycles. The summed E-state index contributed by atoms with van der Waals surface area (Å²) >= 11 is 8.19. The summed E-state index contributed by atoms with van der Waals surface area (Å²) in [6.45, 7) is 2.85. The maximum atomic E-state index is 13.2. The summed E-state index contributed by atoms with van der Waals surface area (Å²) in [5.74, 6) is -0.353. The highest BCUT2D eigenvalue weighted by molar-refractivity contribution is 7.17. The number of ether oxygens (including phenoxy) is 1. The van der Waals surface area contributed by atoms with Crippen molar-refractivity contribution >= 4 is 56.9 Å². The third-order valence-corrected chi connectivity index (χ3v) is 9.02. The summed E-state index contributed by atoms with van der Waals surface area (Å²) in [5, 5.41) is 16.2. The number of carbonyl (C=O) groups is 3. The summed E-state index contributed by atoms with van der Waals surface area (Å²) in [6, 6.07) is 19.7. The number of hydrogen-bond acceptors (Lipinski definition) is 5. The molecule has 5 rings (SSSR count). The van der Waals surface area contributed by atoms with Gasteiger partial charge in [-0.05, 0) is 89.7 Å². The lowest BCUT2D eigenvalue weighted by molar-refractivity contribution is -0.138. The van der Waals surface area contributed by atoms with Crippen LogP contribution in [0.15, 0.2) is 78.2 Å². The normalized spacial score (nSPS) is 14.7. The van der Waals surface area contributed by atoms with Crippen LogP contribution in [0.25, 0.3) is 16.2 Å². The largest absolute Gasteiger partial charge is 0.481 e. The van der Waals surface area contributed by atoms with Crippen molar-refractivity contribution in [1.29, 1.82) is 0 Å². The average molecular weight is 603 g/mol. The van der Waals surface area contributed by atoms with Crippen molar-refractivity contribution in [2.75, 3.05) is 13.1 Å². The fourth-order valence-electron chi connectivity index (χ4n) is 5.14. The Morgan fingerprint density at radius 3 is 2.45 bits per heavy atom. The molecule has 42 heavy (non-hydrogen) atoms. The number of para-hydroxylation sites is 1. The number of aliphatic carboxylic acids is 1. The molecule has 216 valence electrons. The van der Waals surface area contributed by atoms with Crippen LogP contribution in [0.5, 0.6) is 11.5 Å². The number of carbonyl (C=O) groups excluding carboxylic acids is 2. The molecule has 1 fully saturated rings. The predicted octanol–water partition coefficient (Wildman–Crippen LogP) is 7.24. The van der Waals surface area contributed by atoms with Gasteiger partial charge in [-0.15, -0.1) is 11.3 Å². The van der Waals surface area contributed by atoms with Gasteiger partial charge < -0.3 is 20.1 Å². The van der Waals surface area contributed by atoms with Gasteiger partial charge >= 0.3 is 5.97 Å². The molecule has 2 N–H and O–H groups in total. The van der Waals surface area contributed by atoms with Crippen LogP contribution in [-0.2, 0) is 14.4 Å². The second-order valence-corrected chi connectivity index (χ2v) is 11.6. The molecule has 1 aliphatic rings. The minimum atomic E-state index is -1.01. The van der Waals surface area contributed by atoms with Gasteiger partial charge in [0, 0.05) is 29.8 Å². The average Bonchev–Trinajstić information content (AvgIpc) is 3.47. The molecule has 0 saturated carbocycles. The fraction of sp³-hybridized carbons (Fsp3) is 0.242. The molecule has 0 bridgehead atoms. The van der Waals surface area contributed by atoms with E-state index in [1.165, 1.54) is 6.08 Å². The van der Waals surface area contributed by atoms with E-state index in [9.17, 15) is 19.5 Å². The van der Waals surface area contributed by atoms with E-state index in [-0.39, 0.29) is 24.2 Å². The second-order valence-electron chi connectivity index (χ2n) is 10.3. The highest BCUT2D eigenvalue weighted by atomic mass is 35.5. The van der Waals surface area contributed by atoms with Crippen LogP contribution in [0, 0.1) is 12.8 Å². The van der Waals surface area contributed by atoms with Gasteiger partial charge in [0.2, 0.25) is 11.8 Å². The second kappa shape index (κ2) is 13.2. The van der Waals surface area contributed by atoms with Crippen LogP contribution in [-0.4, -0.2) is 40.9 Å². The van der Waals surface area contributed by atoms with Crippen molar-refractivity contribution in [3.8, 4) is 11.5 Å². The SMILES string of the molecule is Cc1c(Cl)c(/C=C/C(=O)N2CCC(C(=O)NC(CC(=O)O)c3ccc(Oc4ccccc4)cc3)CC2)cc2ccsc12. The van der Waals surface area contributed by atoms with Crippen molar-refractivity contribution < 1.29 is 24.2 Å². The van der Waals surface area contributed by atoms with E-state index in [0.29, 0.717) is 48.0 Å². The Morgan fingerprint density at radius 1 is 1.07 bits per heavy atom. The van der Waals surface area contributed by atoms with Gasteiger partial charge in [0.1, 0.15) is 11.5 Å². The third kappa shape index (κ3) is 7.01. The third-order valence-electron chi connectivity index (χ3n) is 7.47. The molecule has 1 saturated heterocycles. The molecular weight excluding hydrogens is 572 g/mol. The molecular formula is C33H31ClN2O5S. The Balaban J connectivity index is 1.17. The quantitative estimate of drug-likeness (QED) is 0.197. The van der Waals surface area contributed by atoms with Crippen LogP contribution < -0.4 is 10.1 Å². The lowest BCUT2D eigenvalue weighted by Gasteiger charge is -2.31. The Kier molecular flexibility index (Phi) is 9.25. The van der Waals surface area contributed by atoms with Gasteiger partial charge in [0.25, 0.3) is 0 Å². The summed E-state index contributed by atoms with van der Waals surface area (Å²) in [6.07, 6.45) is 4.03. The van der Waals surface area contributed by atoms with E-state index in [2.05, 4.69) is 5.32 Å². The van der Waals surface area contributed by atoms with Gasteiger partial charge in [-0.25, -0.2) is 0 Å². The fourth-order valence-corrected chi connectivity index (χ4v) is 6.30. The van der Waals surface area contributed by atoms with Crippen LogP contribution in [0.1, 0.15) is 42.0 Å².